The summed E-state index contributed by atoms with van der Waals surface area (Å²) in [7, 11) is 0. The summed E-state index contributed by atoms with van der Waals surface area (Å²) in [6.45, 7) is 1.91. The van der Waals surface area contributed by atoms with Crippen LogP contribution in [0.4, 0.5) is 0 Å². The zero-order valence-corrected chi connectivity index (χ0v) is 10.6. The number of benzene rings is 1. The molecule has 7 heteroatoms. The van der Waals surface area contributed by atoms with Gasteiger partial charge in [-0.1, -0.05) is 28.3 Å². The first-order valence-corrected chi connectivity index (χ1v) is 6.43. The van der Waals surface area contributed by atoms with Crippen LogP contribution in [0.2, 0.25) is 0 Å². The number of amidine groups is 1. The van der Waals surface area contributed by atoms with Crippen molar-refractivity contribution in [3.05, 3.63) is 34.8 Å². The molecule has 0 aliphatic rings. The molecule has 0 unspecified atom stereocenters. The third kappa shape index (κ3) is 2.75. The SMILES string of the molecule is Cc1cc(Sc2nncs2)ccc1/C(N)=N/O. The van der Waals surface area contributed by atoms with Crippen molar-refractivity contribution >= 4 is 28.9 Å². The van der Waals surface area contributed by atoms with Crippen LogP contribution >= 0.6 is 23.1 Å². The third-order valence-corrected chi connectivity index (χ3v) is 3.89. The minimum Gasteiger partial charge on any atom is -0.409 e. The average Bonchev–Trinajstić information content (AvgIpc) is 2.81. The predicted molar refractivity (Wildman–Crippen MR) is 67.7 cm³/mol. The molecule has 88 valence electrons. The highest BCUT2D eigenvalue weighted by atomic mass is 32.2. The smallest absolute Gasteiger partial charge is 0.178 e. The Bertz CT molecular complexity index is 539. The largest absolute Gasteiger partial charge is 0.409 e. The van der Waals surface area contributed by atoms with E-state index in [1.165, 1.54) is 23.1 Å². The van der Waals surface area contributed by atoms with Crippen molar-refractivity contribution in [1.82, 2.24) is 10.2 Å². The van der Waals surface area contributed by atoms with Crippen LogP contribution < -0.4 is 5.73 Å². The van der Waals surface area contributed by atoms with E-state index in [1.807, 2.05) is 25.1 Å². The topological polar surface area (TPSA) is 84.4 Å². The molecule has 1 aromatic carbocycles. The van der Waals surface area contributed by atoms with Crippen molar-refractivity contribution in [1.29, 1.82) is 0 Å². The van der Waals surface area contributed by atoms with Crippen LogP contribution in [-0.4, -0.2) is 21.2 Å². The van der Waals surface area contributed by atoms with Gasteiger partial charge < -0.3 is 10.9 Å². The van der Waals surface area contributed by atoms with Gasteiger partial charge in [0.2, 0.25) is 0 Å². The molecule has 1 aromatic heterocycles. The van der Waals surface area contributed by atoms with Gasteiger partial charge in [-0.15, -0.1) is 10.2 Å². The average molecular weight is 266 g/mol. The Balaban J connectivity index is 2.25. The molecule has 0 saturated heterocycles. The van der Waals surface area contributed by atoms with Crippen LogP contribution in [0.5, 0.6) is 0 Å². The van der Waals surface area contributed by atoms with Gasteiger partial charge in [0.15, 0.2) is 10.2 Å². The summed E-state index contributed by atoms with van der Waals surface area (Å²) in [5.41, 5.74) is 8.93. The van der Waals surface area contributed by atoms with Gasteiger partial charge in [-0.25, -0.2) is 0 Å². The van der Waals surface area contributed by atoms with Crippen LogP contribution in [0.25, 0.3) is 0 Å². The number of aryl methyl sites for hydroxylation is 1. The normalized spacial score (nSPS) is 11.7. The molecule has 0 radical (unpaired) electrons. The molecule has 1 heterocycles. The molecular formula is C10H10N4OS2. The summed E-state index contributed by atoms with van der Waals surface area (Å²) >= 11 is 3.03. The second-order valence-electron chi connectivity index (χ2n) is 3.27. The van der Waals surface area contributed by atoms with Gasteiger partial charge in [0.05, 0.1) is 0 Å². The van der Waals surface area contributed by atoms with Crippen LogP contribution in [0.15, 0.2) is 38.1 Å². The van der Waals surface area contributed by atoms with Gasteiger partial charge in [0.25, 0.3) is 0 Å². The Morgan fingerprint density at radius 2 is 2.35 bits per heavy atom. The summed E-state index contributed by atoms with van der Waals surface area (Å²) in [5, 5.41) is 19.4. The summed E-state index contributed by atoms with van der Waals surface area (Å²) in [6, 6.07) is 5.71. The van der Waals surface area contributed by atoms with E-state index >= 15 is 0 Å². The monoisotopic (exact) mass is 266 g/mol. The fraction of sp³-hybridized carbons (Fsp3) is 0.100. The van der Waals surface area contributed by atoms with Crippen LogP contribution in [0, 0.1) is 6.92 Å². The molecular weight excluding hydrogens is 256 g/mol. The fourth-order valence-corrected chi connectivity index (χ4v) is 2.90. The van der Waals surface area contributed by atoms with Gasteiger partial charge in [-0.2, -0.15) is 0 Å². The number of rotatable bonds is 3. The lowest BCUT2D eigenvalue weighted by molar-refractivity contribution is 0.318. The Kier molecular flexibility index (Phi) is 3.60. The Hall–Kier alpha value is -1.60. The van der Waals surface area contributed by atoms with Gasteiger partial charge in [0, 0.05) is 10.5 Å². The van der Waals surface area contributed by atoms with Gasteiger partial charge in [-0.05, 0) is 30.7 Å². The highest BCUT2D eigenvalue weighted by Gasteiger charge is 2.06. The Morgan fingerprint density at radius 1 is 1.53 bits per heavy atom. The molecule has 0 aliphatic heterocycles. The lowest BCUT2D eigenvalue weighted by atomic mass is 10.1. The van der Waals surface area contributed by atoms with Crippen molar-refractivity contribution in [2.75, 3.05) is 0 Å². The fourth-order valence-electron chi connectivity index (χ4n) is 1.35. The molecule has 2 rings (SSSR count). The highest BCUT2D eigenvalue weighted by Crippen LogP contribution is 2.29. The molecule has 3 N–H and O–H groups in total. The van der Waals surface area contributed by atoms with Crippen molar-refractivity contribution < 1.29 is 5.21 Å². The van der Waals surface area contributed by atoms with E-state index in [9.17, 15) is 0 Å². The summed E-state index contributed by atoms with van der Waals surface area (Å²) < 4.78 is 0.890. The molecule has 0 amide bonds. The molecule has 0 saturated carbocycles. The van der Waals surface area contributed by atoms with E-state index in [0.29, 0.717) is 0 Å². The third-order valence-electron chi connectivity index (χ3n) is 2.13. The minimum atomic E-state index is 0.120. The number of nitrogens with two attached hydrogens (primary N) is 1. The number of nitrogens with zero attached hydrogens (tertiary/aromatic N) is 3. The number of hydrogen-bond donors (Lipinski definition) is 2. The van der Waals surface area contributed by atoms with Crippen molar-refractivity contribution in [2.45, 2.75) is 16.2 Å². The molecule has 0 bridgehead atoms. The van der Waals surface area contributed by atoms with Crippen molar-refractivity contribution in [2.24, 2.45) is 10.9 Å². The molecule has 2 aromatic rings. The number of hydrogen-bond acceptors (Lipinski definition) is 6. The second kappa shape index (κ2) is 5.15. The van der Waals surface area contributed by atoms with Crippen molar-refractivity contribution in [3.63, 3.8) is 0 Å². The Morgan fingerprint density at radius 3 is 2.94 bits per heavy atom. The van der Waals surface area contributed by atoms with E-state index < -0.39 is 0 Å². The van der Waals surface area contributed by atoms with E-state index in [1.54, 1.807) is 5.51 Å². The van der Waals surface area contributed by atoms with Gasteiger partial charge >= 0.3 is 0 Å². The maximum atomic E-state index is 8.63. The highest BCUT2D eigenvalue weighted by molar-refractivity contribution is 8.01. The zero-order chi connectivity index (χ0) is 12.3. The Labute approximate surface area is 106 Å². The van der Waals surface area contributed by atoms with E-state index in [0.717, 1.165) is 20.4 Å². The second-order valence-corrected chi connectivity index (χ2v) is 5.42. The van der Waals surface area contributed by atoms with Crippen LogP contribution in [0.3, 0.4) is 0 Å². The lowest BCUT2D eigenvalue weighted by Gasteiger charge is -2.05. The van der Waals surface area contributed by atoms with Crippen LogP contribution in [-0.2, 0) is 0 Å². The van der Waals surface area contributed by atoms with Gasteiger partial charge in [-0.3, -0.25) is 0 Å². The predicted octanol–water partition coefficient (Wildman–Crippen LogP) is 2.09. The zero-order valence-electron chi connectivity index (χ0n) is 8.99. The maximum Gasteiger partial charge on any atom is 0.178 e. The molecule has 17 heavy (non-hydrogen) atoms. The summed E-state index contributed by atoms with van der Waals surface area (Å²) in [4.78, 5) is 1.05. The quantitative estimate of drug-likeness (QED) is 0.384. The van der Waals surface area contributed by atoms with Crippen LogP contribution in [0.1, 0.15) is 11.1 Å². The van der Waals surface area contributed by atoms with Crippen molar-refractivity contribution in [3.8, 4) is 0 Å². The first-order chi connectivity index (χ1) is 8.20. The maximum absolute atomic E-state index is 8.63. The van der Waals surface area contributed by atoms with E-state index in [4.69, 9.17) is 10.9 Å². The van der Waals surface area contributed by atoms with E-state index in [2.05, 4.69) is 15.4 Å². The number of oxime groups is 1. The standard InChI is InChI=1S/C10H10N4OS2/c1-6-4-7(17-10-13-12-5-16-10)2-3-8(6)9(11)14-15/h2-5,15H,1H3,(H2,11,14). The molecule has 0 atom stereocenters. The molecule has 0 aliphatic carbocycles. The molecule has 0 fully saturated rings. The summed E-state index contributed by atoms with van der Waals surface area (Å²) in [5.74, 6) is 0.120. The number of aromatic nitrogens is 2. The van der Waals surface area contributed by atoms with E-state index in [-0.39, 0.29) is 5.84 Å². The molecule has 5 nitrogen and oxygen atoms in total. The van der Waals surface area contributed by atoms with Gasteiger partial charge in [0.1, 0.15) is 5.51 Å². The molecule has 0 spiro atoms. The lowest BCUT2D eigenvalue weighted by Crippen LogP contribution is -2.14. The summed E-state index contributed by atoms with van der Waals surface area (Å²) in [6.07, 6.45) is 0. The first-order valence-electron chi connectivity index (χ1n) is 4.73. The minimum absolute atomic E-state index is 0.120. The first kappa shape index (κ1) is 11.9.